The Balaban J connectivity index is 3.12. The van der Waals surface area contributed by atoms with Crippen molar-refractivity contribution < 1.29 is 28.7 Å². The second kappa shape index (κ2) is 18.3. The molecule has 0 aliphatic heterocycles. The van der Waals surface area contributed by atoms with Gasteiger partial charge < -0.3 is 24.4 Å². The van der Waals surface area contributed by atoms with Crippen molar-refractivity contribution in [3.05, 3.63) is 65.4 Å². The van der Waals surface area contributed by atoms with Crippen molar-refractivity contribution in [3.8, 4) is 5.75 Å². The molecule has 0 aliphatic carbocycles. The molecule has 0 aromatic heterocycles. The first-order chi connectivity index (χ1) is 19.4. The van der Waals surface area contributed by atoms with E-state index in [9.17, 15) is 14.7 Å². The van der Waals surface area contributed by atoms with E-state index in [1.165, 1.54) is 37.7 Å². The minimum atomic E-state index is -2.10. The van der Waals surface area contributed by atoms with Crippen LogP contribution in [-0.4, -0.2) is 51.3 Å². The Hall–Kier alpha value is -3.17. The fourth-order valence-electron chi connectivity index (χ4n) is 5.24. The fraction of sp³-hybridized carbons (Fsp3) is 0.531. The second-order valence-corrected chi connectivity index (χ2v) is 16.7. The SMILES string of the molecule is CO/N=C/C=C/C(=O)N/C=C/C[C@@H](CCO[Si](C(C)C)(C(C)C)C(C)C)OC(=O)c1c(O)cccc1CC=C(C)C. The molecule has 2 N–H and O–H groups in total. The lowest BCUT2D eigenvalue weighted by molar-refractivity contribution is -0.115. The average Bonchev–Trinajstić information content (AvgIpc) is 2.89. The molecule has 1 rings (SSSR count). The Kier molecular flexibility index (Phi) is 16.0. The van der Waals surface area contributed by atoms with Gasteiger partial charge in [-0.1, -0.05) is 76.6 Å². The summed E-state index contributed by atoms with van der Waals surface area (Å²) in [5.74, 6) is -1.02. The van der Waals surface area contributed by atoms with Crippen LogP contribution >= 0.6 is 0 Å². The van der Waals surface area contributed by atoms with Gasteiger partial charge in [0.2, 0.25) is 5.91 Å². The summed E-state index contributed by atoms with van der Waals surface area (Å²) in [6.45, 7) is 17.8. The summed E-state index contributed by atoms with van der Waals surface area (Å²) in [5.41, 5.74) is 3.28. The summed E-state index contributed by atoms with van der Waals surface area (Å²) in [6, 6.07) is 5.04. The van der Waals surface area contributed by atoms with Crippen LogP contribution in [0.1, 0.15) is 84.2 Å². The normalized spacial score (nSPS) is 13.1. The molecule has 41 heavy (non-hydrogen) atoms. The van der Waals surface area contributed by atoms with E-state index in [4.69, 9.17) is 9.16 Å². The van der Waals surface area contributed by atoms with Crippen LogP contribution in [0.25, 0.3) is 0 Å². The molecule has 0 heterocycles. The number of nitrogens with zero attached hydrogens (tertiary/aromatic N) is 1. The van der Waals surface area contributed by atoms with E-state index in [0.717, 1.165) is 5.57 Å². The standard InChI is InChI=1S/C32H50N2O6Si/c1-23(2)17-18-27-13-10-15-29(35)31(27)32(37)40-28(14-11-20-33-30(36)16-12-21-34-38-9)19-22-39-41(24(3)4,25(5)6)26(7)8/h10-13,15-17,20-21,24-26,28,35H,14,18-19,22H2,1-9H3,(H,33,36)/b16-12+,20-11+,34-21+/t28-/m0/s1. The molecule has 0 bridgehead atoms. The van der Waals surface area contributed by atoms with Crippen molar-refractivity contribution in [1.29, 1.82) is 0 Å². The van der Waals surface area contributed by atoms with Gasteiger partial charge in [0.1, 0.15) is 24.5 Å². The summed E-state index contributed by atoms with van der Waals surface area (Å²) in [4.78, 5) is 29.9. The highest BCUT2D eigenvalue weighted by molar-refractivity contribution is 6.77. The molecule has 1 atom stereocenters. The molecule has 0 fully saturated rings. The van der Waals surface area contributed by atoms with Crippen molar-refractivity contribution >= 4 is 26.4 Å². The van der Waals surface area contributed by atoms with Gasteiger partial charge in [-0.05, 0) is 54.6 Å². The molecular formula is C32H50N2O6Si. The van der Waals surface area contributed by atoms with Gasteiger partial charge >= 0.3 is 5.97 Å². The fourth-order valence-corrected chi connectivity index (χ4v) is 10.7. The third-order valence-electron chi connectivity index (χ3n) is 7.08. The summed E-state index contributed by atoms with van der Waals surface area (Å²) in [7, 11) is -0.681. The summed E-state index contributed by atoms with van der Waals surface area (Å²) in [5, 5.41) is 16.7. The molecule has 0 unspecified atom stereocenters. The van der Waals surface area contributed by atoms with Crippen molar-refractivity contribution in [1.82, 2.24) is 5.32 Å². The number of allylic oxidation sites excluding steroid dienone is 3. The zero-order valence-electron chi connectivity index (χ0n) is 26.3. The van der Waals surface area contributed by atoms with E-state index in [0.29, 0.717) is 48.1 Å². The maximum absolute atomic E-state index is 13.4. The van der Waals surface area contributed by atoms with Gasteiger partial charge in [0.25, 0.3) is 0 Å². The number of phenols is 1. The van der Waals surface area contributed by atoms with Crippen LogP contribution in [0.15, 0.2) is 59.4 Å². The van der Waals surface area contributed by atoms with E-state index in [-0.39, 0.29) is 17.2 Å². The highest BCUT2D eigenvalue weighted by Crippen LogP contribution is 2.42. The molecule has 9 heteroatoms. The molecular weight excluding hydrogens is 536 g/mol. The monoisotopic (exact) mass is 586 g/mol. The lowest BCUT2D eigenvalue weighted by atomic mass is 10.0. The number of benzene rings is 1. The zero-order chi connectivity index (χ0) is 31.0. The molecule has 0 saturated carbocycles. The van der Waals surface area contributed by atoms with Crippen LogP contribution in [0.3, 0.4) is 0 Å². The average molecular weight is 587 g/mol. The molecule has 0 radical (unpaired) electrons. The number of oxime groups is 1. The van der Waals surface area contributed by atoms with Gasteiger partial charge in [-0.15, -0.1) is 0 Å². The number of amides is 1. The molecule has 1 aromatic carbocycles. The Labute approximate surface area is 247 Å². The number of rotatable bonds is 17. The minimum Gasteiger partial charge on any atom is -0.507 e. The summed E-state index contributed by atoms with van der Waals surface area (Å²) >= 11 is 0. The molecule has 0 spiro atoms. The first-order valence-corrected chi connectivity index (χ1v) is 16.5. The number of phenolic OH excluding ortho intramolecular Hbond substituents is 1. The number of carbonyl (C=O) groups excluding carboxylic acids is 2. The van der Waals surface area contributed by atoms with Crippen molar-refractivity contribution in [2.24, 2.45) is 5.16 Å². The van der Waals surface area contributed by atoms with Crippen LogP contribution in [-0.2, 0) is 25.2 Å². The summed E-state index contributed by atoms with van der Waals surface area (Å²) < 4.78 is 12.7. The van der Waals surface area contributed by atoms with Gasteiger partial charge in [0.15, 0.2) is 8.32 Å². The van der Waals surface area contributed by atoms with Gasteiger partial charge in [0, 0.05) is 31.7 Å². The molecule has 0 aliphatic rings. The number of esters is 1. The lowest BCUT2D eigenvalue weighted by Gasteiger charge is -2.42. The third kappa shape index (κ3) is 11.7. The number of aromatic hydroxyl groups is 1. The summed E-state index contributed by atoms with van der Waals surface area (Å²) in [6.07, 6.45) is 10.3. The van der Waals surface area contributed by atoms with Crippen molar-refractivity contribution in [2.45, 2.75) is 97.4 Å². The topological polar surface area (TPSA) is 106 Å². The first kappa shape index (κ1) is 35.9. The molecule has 1 amide bonds. The van der Waals surface area contributed by atoms with Crippen LogP contribution in [0.5, 0.6) is 5.75 Å². The predicted molar refractivity (Wildman–Crippen MR) is 169 cm³/mol. The van der Waals surface area contributed by atoms with Crippen LogP contribution in [0, 0.1) is 0 Å². The number of hydrogen-bond donors (Lipinski definition) is 2. The predicted octanol–water partition coefficient (Wildman–Crippen LogP) is 7.22. The maximum atomic E-state index is 13.4. The largest absolute Gasteiger partial charge is 0.507 e. The van der Waals surface area contributed by atoms with Crippen LogP contribution in [0.4, 0.5) is 0 Å². The second-order valence-electron chi connectivity index (χ2n) is 11.2. The van der Waals surface area contributed by atoms with Crippen LogP contribution in [0.2, 0.25) is 16.6 Å². The molecule has 228 valence electrons. The lowest BCUT2D eigenvalue weighted by Crippen LogP contribution is -2.48. The van der Waals surface area contributed by atoms with Gasteiger partial charge in [-0.3, -0.25) is 4.79 Å². The van der Waals surface area contributed by atoms with E-state index in [1.807, 2.05) is 26.0 Å². The minimum absolute atomic E-state index is 0.109. The maximum Gasteiger partial charge on any atom is 0.342 e. The van der Waals surface area contributed by atoms with Gasteiger partial charge in [-0.2, -0.15) is 0 Å². The Morgan fingerprint density at radius 3 is 2.32 bits per heavy atom. The first-order valence-electron chi connectivity index (χ1n) is 14.3. The number of ether oxygens (including phenoxy) is 1. The molecule has 1 aromatic rings. The zero-order valence-corrected chi connectivity index (χ0v) is 27.3. The molecule has 8 nitrogen and oxygen atoms in total. The third-order valence-corrected chi connectivity index (χ3v) is 13.2. The van der Waals surface area contributed by atoms with Crippen molar-refractivity contribution in [3.63, 3.8) is 0 Å². The van der Waals surface area contributed by atoms with Gasteiger partial charge in [-0.25, -0.2) is 4.79 Å². The molecule has 0 saturated heterocycles. The van der Waals surface area contributed by atoms with E-state index in [1.54, 1.807) is 12.1 Å². The van der Waals surface area contributed by atoms with E-state index >= 15 is 0 Å². The quantitative estimate of drug-likeness (QED) is 0.0499. The van der Waals surface area contributed by atoms with Gasteiger partial charge in [0.05, 0.1) is 6.21 Å². The van der Waals surface area contributed by atoms with E-state index in [2.05, 4.69) is 56.9 Å². The number of nitrogens with one attached hydrogen (secondary N) is 1. The Morgan fingerprint density at radius 1 is 1.07 bits per heavy atom. The van der Waals surface area contributed by atoms with Crippen LogP contribution < -0.4 is 5.32 Å². The van der Waals surface area contributed by atoms with E-state index < -0.39 is 20.4 Å². The Bertz CT molecular complexity index is 1070. The number of carbonyl (C=O) groups is 2. The number of hydrogen-bond acceptors (Lipinski definition) is 7. The highest BCUT2D eigenvalue weighted by atomic mass is 28.4. The smallest absolute Gasteiger partial charge is 0.342 e. The van der Waals surface area contributed by atoms with Crippen molar-refractivity contribution in [2.75, 3.05) is 13.7 Å². The Morgan fingerprint density at radius 2 is 1.73 bits per heavy atom. The highest BCUT2D eigenvalue weighted by Gasteiger charge is 2.45.